The van der Waals surface area contributed by atoms with Gasteiger partial charge in [-0.3, -0.25) is 14.5 Å². The number of aliphatic imine (C=N–C) groups is 1. The van der Waals surface area contributed by atoms with Gasteiger partial charge in [0.05, 0.1) is 17.3 Å². The van der Waals surface area contributed by atoms with Crippen LogP contribution in [0.25, 0.3) is 17.1 Å². The van der Waals surface area contributed by atoms with Crippen LogP contribution in [0.3, 0.4) is 0 Å². The zero-order valence-electron chi connectivity index (χ0n) is 24.1. The number of para-hydroxylation sites is 1. The van der Waals surface area contributed by atoms with Crippen molar-refractivity contribution in [3.63, 3.8) is 0 Å². The molecule has 1 unspecified atom stereocenters. The van der Waals surface area contributed by atoms with E-state index in [2.05, 4.69) is 26.4 Å². The number of halogens is 3. The first-order valence-electron chi connectivity index (χ1n) is 13.8. The maximum absolute atomic E-state index is 12.9. The molecule has 1 aliphatic rings. The summed E-state index contributed by atoms with van der Waals surface area (Å²) in [5.74, 6) is -1.83. The molecule has 2 heterocycles. The average Bonchev–Trinajstić information content (AvgIpc) is 3.62. The number of aromatic nitrogens is 3. The molecular weight excluding hydrogens is 607 g/mol. The number of ether oxygens (including phenoxy) is 1. The van der Waals surface area contributed by atoms with E-state index >= 15 is 0 Å². The molecular formula is C32H28F3N5O4S. The summed E-state index contributed by atoms with van der Waals surface area (Å²) in [5.41, 5.74) is 4.76. The summed E-state index contributed by atoms with van der Waals surface area (Å²) < 4.78 is 42.5. The number of amides is 1. The fraction of sp³-hybridized carbons (Fsp3) is 0.219. The van der Waals surface area contributed by atoms with Gasteiger partial charge >= 0.3 is 12.3 Å². The lowest BCUT2D eigenvalue weighted by atomic mass is 9.96. The molecule has 1 saturated heterocycles. The smallest absolute Gasteiger partial charge is 0.481 e. The van der Waals surface area contributed by atoms with E-state index in [1.165, 1.54) is 47.0 Å². The van der Waals surface area contributed by atoms with Gasteiger partial charge in [-0.15, -0.1) is 18.3 Å². The molecule has 5 rings (SSSR count). The van der Waals surface area contributed by atoms with Gasteiger partial charge in [-0.05, 0) is 61.2 Å². The van der Waals surface area contributed by atoms with Gasteiger partial charge in [0.25, 0.3) is 0 Å². The molecule has 1 N–H and O–H groups in total. The van der Waals surface area contributed by atoms with E-state index in [0.717, 1.165) is 22.5 Å². The molecule has 1 amide bonds. The minimum absolute atomic E-state index is 0.226. The van der Waals surface area contributed by atoms with E-state index in [0.29, 0.717) is 34.4 Å². The van der Waals surface area contributed by atoms with Gasteiger partial charge in [0.1, 0.15) is 12.1 Å². The van der Waals surface area contributed by atoms with E-state index in [-0.39, 0.29) is 18.6 Å². The number of alkyl halides is 3. The Bertz CT molecular complexity index is 1740. The molecule has 1 aromatic heterocycles. The molecule has 0 saturated carbocycles. The lowest BCUT2D eigenvalue weighted by Crippen LogP contribution is -2.24. The Kier molecular flexibility index (Phi) is 9.37. The number of aliphatic carboxylic acids is 1. The summed E-state index contributed by atoms with van der Waals surface area (Å²) in [5, 5.41) is 14.7. The molecule has 0 aliphatic carbocycles. The van der Waals surface area contributed by atoms with E-state index in [1.807, 2.05) is 48.2 Å². The molecule has 232 valence electrons. The Labute approximate surface area is 261 Å². The Morgan fingerprint density at radius 3 is 2.47 bits per heavy atom. The summed E-state index contributed by atoms with van der Waals surface area (Å²) in [4.78, 5) is 35.3. The fourth-order valence-electron chi connectivity index (χ4n) is 4.74. The average molecular weight is 636 g/mol. The van der Waals surface area contributed by atoms with Gasteiger partial charge < -0.3 is 9.84 Å². The molecule has 0 spiro atoms. The van der Waals surface area contributed by atoms with Crippen molar-refractivity contribution in [1.29, 1.82) is 0 Å². The van der Waals surface area contributed by atoms with Crippen molar-refractivity contribution in [2.24, 2.45) is 10.9 Å². The Morgan fingerprint density at radius 1 is 1.09 bits per heavy atom. The summed E-state index contributed by atoms with van der Waals surface area (Å²) in [6.07, 6.45) is -2.88. The molecule has 9 nitrogen and oxygen atoms in total. The van der Waals surface area contributed by atoms with Crippen molar-refractivity contribution in [1.82, 2.24) is 14.8 Å². The number of aryl methyl sites for hydroxylation is 2. The highest BCUT2D eigenvalue weighted by molar-refractivity contribution is 8.14. The molecule has 0 radical (unpaired) electrons. The minimum Gasteiger partial charge on any atom is -0.481 e. The van der Waals surface area contributed by atoms with Gasteiger partial charge in [-0.25, -0.2) is 9.67 Å². The molecule has 1 atom stereocenters. The number of carbonyl (C=O) groups excluding carboxylic acids is 1. The summed E-state index contributed by atoms with van der Waals surface area (Å²) in [6, 6.07) is 20.2. The van der Waals surface area contributed by atoms with E-state index in [1.54, 1.807) is 12.1 Å². The van der Waals surface area contributed by atoms with Crippen molar-refractivity contribution in [2.75, 3.05) is 10.7 Å². The third kappa shape index (κ3) is 7.98. The Balaban J connectivity index is 1.19. The number of amidine groups is 1. The highest BCUT2D eigenvalue weighted by Crippen LogP contribution is 2.34. The molecule has 45 heavy (non-hydrogen) atoms. The van der Waals surface area contributed by atoms with E-state index in [4.69, 9.17) is 0 Å². The SMILES string of the molecule is C=C1CSC(=NC(=O)CC(CCc2ccc(-c3ncn(-c4ccc(OC(F)(F)F)cc4)n3)cc2)C(=O)O)N1c1ccccc1C. The van der Waals surface area contributed by atoms with Crippen molar-refractivity contribution in [3.05, 3.63) is 103 Å². The number of nitrogens with zero attached hydrogens (tertiary/aromatic N) is 5. The predicted molar refractivity (Wildman–Crippen MR) is 165 cm³/mol. The normalized spacial score (nSPS) is 15.0. The van der Waals surface area contributed by atoms with Crippen LogP contribution >= 0.6 is 11.8 Å². The van der Waals surface area contributed by atoms with Crippen LogP contribution in [-0.2, 0) is 16.0 Å². The van der Waals surface area contributed by atoms with Crippen molar-refractivity contribution < 1.29 is 32.6 Å². The highest BCUT2D eigenvalue weighted by Gasteiger charge is 2.31. The topological polar surface area (TPSA) is 110 Å². The van der Waals surface area contributed by atoms with Crippen molar-refractivity contribution in [3.8, 4) is 22.8 Å². The van der Waals surface area contributed by atoms with Crippen LogP contribution in [0, 0.1) is 12.8 Å². The van der Waals surface area contributed by atoms with Crippen LogP contribution in [-0.4, -0.2) is 49.0 Å². The monoisotopic (exact) mass is 635 g/mol. The van der Waals surface area contributed by atoms with Gasteiger partial charge in [-0.2, -0.15) is 4.99 Å². The number of benzene rings is 3. The van der Waals surface area contributed by atoms with Gasteiger partial charge in [0.2, 0.25) is 5.91 Å². The number of rotatable bonds is 10. The van der Waals surface area contributed by atoms with Gasteiger partial charge in [-0.1, -0.05) is 60.8 Å². The number of thioether (sulfide) groups is 1. The summed E-state index contributed by atoms with van der Waals surface area (Å²) in [6.45, 7) is 6.05. The second kappa shape index (κ2) is 13.4. The van der Waals surface area contributed by atoms with Crippen LogP contribution in [0.4, 0.5) is 18.9 Å². The second-order valence-electron chi connectivity index (χ2n) is 10.3. The Morgan fingerprint density at radius 2 is 1.80 bits per heavy atom. The molecule has 3 aromatic carbocycles. The second-order valence-corrected chi connectivity index (χ2v) is 11.2. The highest BCUT2D eigenvalue weighted by atomic mass is 32.2. The van der Waals surface area contributed by atoms with Crippen molar-refractivity contribution >= 4 is 34.5 Å². The Hall–Kier alpha value is -4.91. The van der Waals surface area contributed by atoms with Crippen LogP contribution in [0.15, 0.2) is 96.4 Å². The van der Waals surface area contributed by atoms with Crippen molar-refractivity contribution in [2.45, 2.75) is 32.5 Å². The first-order valence-corrected chi connectivity index (χ1v) is 14.8. The number of carboxylic acid groups (broad SMARTS) is 1. The lowest BCUT2D eigenvalue weighted by molar-refractivity contribution is -0.274. The van der Waals surface area contributed by atoms with Crippen LogP contribution < -0.4 is 9.64 Å². The zero-order valence-corrected chi connectivity index (χ0v) is 24.9. The third-order valence-electron chi connectivity index (χ3n) is 7.04. The molecule has 13 heteroatoms. The van der Waals surface area contributed by atoms with Crippen LogP contribution in [0.2, 0.25) is 0 Å². The van der Waals surface area contributed by atoms with E-state index < -0.39 is 24.2 Å². The van der Waals surface area contributed by atoms with Crippen LogP contribution in [0.1, 0.15) is 24.0 Å². The maximum atomic E-state index is 12.9. The number of hydrogen-bond acceptors (Lipinski definition) is 6. The van der Waals surface area contributed by atoms with Crippen LogP contribution in [0.5, 0.6) is 5.75 Å². The number of carboxylic acids is 1. The largest absolute Gasteiger partial charge is 0.573 e. The molecule has 0 bridgehead atoms. The van der Waals surface area contributed by atoms with Gasteiger partial charge in [0, 0.05) is 23.4 Å². The lowest BCUT2D eigenvalue weighted by Gasteiger charge is -2.21. The number of anilines is 1. The predicted octanol–water partition coefficient (Wildman–Crippen LogP) is 6.81. The summed E-state index contributed by atoms with van der Waals surface area (Å²) >= 11 is 1.39. The molecule has 1 fully saturated rings. The van der Waals surface area contributed by atoms with E-state index in [9.17, 15) is 27.9 Å². The maximum Gasteiger partial charge on any atom is 0.573 e. The fourth-order valence-corrected chi connectivity index (χ4v) is 5.69. The quantitative estimate of drug-likeness (QED) is 0.202. The molecule has 4 aromatic rings. The standard InChI is InChI=1S/C32H28F3N5O4S/c1-20-5-3-4-6-27(20)40-21(2)18-45-31(40)37-28(41)17-24(30(42)43)12-9-22-7-10-23(11-8-22)29-36-19-39(38-29)25-13-15-26(16-14-25)44-32(33,34)35/h3-8,10-11,13-16,19,24H,2,9,12,17-18H2,1H3,(H,42,43). The van der Waals surface area contributed by atoms with Gasteiger partial charge in [0.15, 0.2) is 11.0 Å². The number of carbonyl (C=O) groups is 2. The summed E-state index contributed by atoms with van der Waals surface area (Å²) in [7, 11) is 0. The number of hydrogen-bond donors (Lipinski definition) is 1. The minimum atomic E-state index is -4.77. The first kappa shape index (κ1) is 31.5. The molecule has 1 aliphatic heterocycles. The third-order valence-corrected chi connectivity index (χ3v) is 8.05. The zero-order chi connectivity index (χ0) is 32.1. The first-order chi connectivity index (χ1) is 21.5.